The van der Waals surface area contributed by atoms with Crippen molar-refractivity contribution in [2.75, 3.05) is 11.9 Å². The van der Waals surface area contributed by atoms with Gasteiger partial charge in [0.1, 0.15) is 0 Å². The number of hydrogen-bond donors (Lipinski definition) is 1. The van der Waals surface area contributed by atoms with Gasteiger partial charge in [-0.2, -0.15) is 0 Å². The first-order chi connectivity index (χ1) is 11.7. The maximum absolute atomic E-state index is 12.2. The predicted molar refractivity (Wildman–Crippen MR) is 99.1 cm³/mol. The minimum absolute atomic E-state index is 0.0838. The van der Waals surface area contributed by atoms with Gasteiger partial charge in [-0.1, -0.05) is 44.2 Å². The minimum Gasteiger partial charge on any atom is -0.302 e. The SMILES string of the molecule is CCC(CC)C(=O)Nc1nc2c(s1)CN(Cc1ccccc1)CC2. The zero-order valence-electron chi connectivity index (χ0n) is 14.4. The number of anilines is 1. The summed E-state index contributed by atoms with van der Waals surface area (Å²) in [4.78, 5) is 20.6. The van der Waals surface area contributed by atoms with Crippen molar-refractivity contribution < 1.29 is 4.79 Å². The van der Waals surface area contributed by atoms with E-state index in [1.165, 1.54) is 10.4 Å². The first-order valence-corrected chi connectivity index (χ1v) is 9.57. The lowest BCUT2D eigenvalue weighted by Gasteiger charge is -2.25. The molecule has 0 saturated heterocycles. The molecule has 1 aromatic heterocycles. The molecule has 1 aromatic carbocycles. The fourth-order valence-electron chi connectivity index (χ4n) is 3.15. The van der Waals surface area contributed by atoms with E-state index in [2.05, 4.69) is 59.4 Å². The monoisotopic (exact) mass is 343 g/mol. The topological polar surface area (TPSA) is 45.2 Å². The van der Waals surface area contributed by atoms with Crippen molar-refractivity contribution in [2.24, 2.45) is 5.92 Å². The second-order valence-corrected chi connectivity index (χ2v) is 7.42. The van der Waals surface area contributed by atoms with Crippen LogP contribution in [0.2, 0.25) is 0 Å². The van der Waals surface area contributed by atoms with E-state index in [1.807, 2.05) is 0 Å². The van der Waals surface area contributed by atoms with Crippen molar-refractivity contribution in [3.05, 3.63) is 46.5 Å². The maximum Gasteiger partial charge on any atom is 0.229 e. The van der Waals surface area contributed by atoms with E-state index < -0.39 is 0 Å². The molecule has 5 heteroatoms. The standard InChI is InChI=1S/C19H25N3OS/c1-3-15(4-2)18(23)21-19-20-16-10-11-22(13-17(16)24-19)12-14-8-6-5-7-9-14/h5-9,15H,3-4,10-13H2,1-2H3,(H,20,21,23). The molecule has 0 bridgehead atoms. The molecular weight excluding hydrogens is 318 g/mol. The Balaban J connectivity index is 1.63. The number of thiazole rings is 1. The Labute approximate surface area is 147 Å². The van der Waals surface area contributed by atoms with Gasteiger partial charge in [-0.15, -0.1) is 11.3 Å². The number of amides is 1. The van der Waals surface area contributed by atoms with Gasteiger partial charge in [-0.25, -0.2) is 4.98 Å². The number of carbonyl (C=O) groups is 1. The van der Waals surface area contributed by atoms with Crippen molar-refractivity contribution in [2.45, 2.75) is 46.2 Å². The number of nitrogens with zero attached hydrogens (tertiary/aromatic N) is 2. The van der Waals surface area contributed by atoms with Gasteiger partial charge in [0.15, 0.2) is 5.13 Å². The minimum atomic E-state index is 0.0838. The first kappa shape index (κ1) is 17.1. The smallest absolute Gasteiger partial charge is 0.229 e. The van der Waals surface area contributed by atoms with Gasteiger partial charge >= 0.3 is 0 Å². The van der Waals surface area contributed by atoms with Gasteiger partial charge in [0.2, 0.25) is 5.91 Å². The van der Waals surface area contributed by atoms with Gasteiger partial charge in [-0.05, 0) is 18.4 Å². The molecule has 2 aromatic rings. The molecule has 1 aliphatic rings. The Morgan fingerprint density at radius 3 is 2.75 bits per heavy atom. The molecule has 0 spiro atoms. The van der Waals surface area contributed by atoms with Crippen LogP contribution in [0.5, 0.6) is 0 Å². The van der Waals surface area contributed by atoms with E-state index in [9.17, 15) is 4.79 Å². The molecular formula is C19H25N3OS. The van der Waals surface area contributed by atoms with Crippen molar-refractivity contribution in [3.63, 3.8) is 0 Å². The Kier molecular flexibility index (Phi) is 5.63. The van der Waals surface area contributed by atoms with Crippen LogP contribution < -0.4 is 5.32 Å². The molecule has 128 valence electrons. The van der Waals surface area contributed by atoms with Crippen LogP contribution >= 0.6 is 11.3 Å². The summed E-state index contributed by atoms with van der Waals surface area (Å²) in [6.45, 7) is 7.02. The molecule has 1 aliphatic heterocycles. The molecule has 0 fully saturated rings. The highest BCUT2D eigenvalue weighted by Crippen LogP contribution is 2.29. The first-order valence-electron chi connectivity index (χ1n) is 8.75. The van der Waals surface area contributed by atoms with Crippen LogP contribution in [0.15, 0.2) is 30.3 Å². The lowest BCUT2D eigenvalue weighted by Crippen LogP contribution is -2.29. The zero-order valence-corrected chi connectivity index (χ0v) is 15.2. The number of hydrogen-bond acceptors (Lipinski definition) is 4. The summed E-state index contributed by atoms with van der Waals surface area (Å²) in [7, 11) is 0. The molecule has 0 atom stereocenters. The average Bonchev–Trinajstić information content (AvgIpc) is 2.98. The van der Waals surface area contributed by atoms with E-state index >= 15 is 0 Å². The molecule has 0 radical (unpaired) electrons. The molecule has 4 nitrogen and oxygen atoms in total. The molecule has 1 amide bonds. The fourth-order valence-corrected chi connectivity index (χ4v) is 4.20. The van der Waals surface area contributed by atoms with E-state index in [0.717, 1.165) is 49.7 Å². The van der Waals surface area contributed by atoms with Crippen LogP contribution in [-0.4, -0.2) is 22.3 Å². The van der Waals surface area contributed by atoms with Gasteiger partial charge in [0.25, 0.3) is 0 Å². The summed E-state index contributed by atoms with van der Waals surface area (Å²) < 4.78 is 0. The third kappa shape index (κ3) is 4.02. The molecule has 24 heavy (non-hydrogen) atoms. The number of aromatic nitrogens is 1. The third-order valence-electron chi connectivity index (χ3n) is 4.65. The lowest BCUT2D eigenvalue weighted by molar-refractivity contribution is -0.120. The highest BCUT2D eigenvalue weighted by atomic mass is 32.1. The quantitative estimate of drug-likeness (QED) is 0.860. The normalized spacial score (nSPS) is 14.6. The molecule has 0 aliphatic carbocycles. The van der Waals surface area contributed by atoms with Crippen LogP contribution in [0.1, 0.15) is 42.8 Å². The Morgan fingerprint density at radius 1 is 1.29 bits per heavy atom. The molecule has 1 N–H and O–H groups in total. The molecule has 3 rings (SSSR count). The fraction of sp³-hybridized carbons (Fsp3) is 0.474. The summed E-state index contributed by atoms with van der Waals surface area (Å²) in [5.41, 5.74) is 2.50. The van der Waals surface area contributed by atoms with E-state index in [4.69, 9.17) is 0 Å². The third-order valence-corrected chi connectivity index (χ3v) is 5.64. The van der Waals surface area contributed by atoms with Crippen LogP contribution in [0.25, 0.3) is 0 Å². The summed E-state index contributed by atoms with van der Waals surface area (Å²) in [5, 5.41) is 3.78. The second kappa shape index (κ2) is 7.90. The Bertz CT molecular complexity index is 679. The largest absolute Gasteiger partial charge is 0.302 e. The number of fused-ring (bicyclic) bond motifs is 1. The van der Waals surface area contributed by atoms with Gasteiger partial charge in [-0.3, -0.25) is 9.69 Å². The predicted octanol–water partition coefficient (Wildman–Crippen LogP) is 4.08. The number of nitrogens with one attached hydrogen (secondary N) is 1. The molecule has 2 heterocycles. The average molecular weight is 343 g/mol. The summed E-state index contributed by atoms with van der Waals surface area (Å²) in [6, 6.07) is 10.6. The number of rotatable bonds is 6. The highest BCUT2D eigenvalue weighted by Gasteiger charge is 2.22. The Hall–Kier alpha value is -1.72. The van der Waals surface area contributed by atoms with Gasteiger partial charge < -0.3 is 5.32 Å². The second-order valence-electron chi connectivity index (χ2n) is 6.34. The Morgan fingerprint density at radius 2 is 2.04 bits per heavy atom. The van der Waals surface area contributed by atoms with Gasteiger partial charge in [0.05, 0.1) is 5.69 Å². The van der Waals surface area contributed by atoms with Crippen LogP contribution in [-0.2, 0) is 24.3 Å². The summed E-state index contributed by atoms with van der Waals surface area (Å²) >= 11 is 1.63. The molecule has 0 saturated carbocycles. The van der Waals surface area contributed by atoms with Crippen molar-refractivity contribution in [1.82, 2.24) is 9.88 Å². The van der Waals surface area contributed by atoms with E-state index in [-0.39, 0.29) is 11.8 Å². The van der Waals surface area contributed by atoms with Crippen LogP contribution in [0, 0.1) is 5.92 Å². The van der Waals surface area contributed by atoms with Gasteiger partial charge in [0, 0.05) is 36.9 Å². The van der Waals surface area contributed by atoms with Crippen molar-refractivity contribution in [1.29, 1.82) is 0 Å². The van der Waals surface area contributed by atoms with Crippen molar-refractivity contribution in [3.8, 4) is 0 Å². The van der Waals surface area contributed by atoms with Crippen LogP contribution in [0.3, 0.4) is 0 Å². The van der Waals surface area contributed by atoms with E-state index in [0.29, 0.717) is 0 Å². The molecule has 0 unspecified atom stereocenters. The summed E-state index contributed by atoms with van der Waals surface area (Å²) in [5.74, 6) is 0.188. The number of benzene rings is 1. The maximum atomic E-state index is 12.2. The zero-order chi connectivity index (χ0) is 16.9. The summed E-state index contributed by atoms with van der Waals surface area (Å²) in [6.07, 6.45) is 2.70. The number of carbonyl (C=O) groups excluding carboxylic acids is 1. The van der Waals surface area contributed by atoms with Crippen molar-refractivity contribution >= 4 is 22.4 Å². The lowest BCUT2D eigenvalue weighted by atomic mass is 10.0. The van der Waals surface area contributed by atoms with E-state index in [1.54, 1.807) is 11.3 Å². The van der Waals surface area contributed by atoms with Crippen LogP contribution in [0.4, 0.5) is 5.13 Å². The highest BCUT2D eigenvalue weighted by molar-refractivity contribution is 7.15.